The van der Waals surface area contributed by atoms with E-state index in [0.717, 1.165) is 32.5 Å². The number of benzene rings is 1. The normalized spacial score (nSPS) is 16.0. The Balaban J connectivity index is 1.77. The third-order valence-corrected chi connectivity index (χ3v) is 3.90. The lowest BCUT2D eigenvalue weighted by molar-refractivity contribution is 0.0950. The van der Waals surface area contributed by atoms with Crippen LogP contribution in [0.4, 0.5) is 4.79 Å². The molecule has 1 amide bonds. The minimum absolute atomic E-state index is 0.176. The molecule has 0 spiro atoms. The SMILES string of the molecule is CCOC(=O)N1CCC(NCc2cc(C)cc(C)c2)CC1. The average molecular weight is 290 g/mol. The molecular formula is C17H26N2O2. The fraction of sp³-hybridized carbons (Fsp3) is 0.588. The van der Waals surface area contributed by atoms with Crippen molar-refractivity contribution in [2.75, 3.05) is 19.7 Å². The summed E-state index contributed by atoms with van der Waals surface area (Å²) in [5, 5.41) is 3.61. The van der Waals surface area contributed by atoms with E-state index in [1.807, 2.05) is 6.92 Å². The monoisotopic (exact) mass is 290 g/mol. The van der Waals surface area contributed by atoms with E-state index >= 15 is 0 Å². The smallest absolute Gasteiger partial charge is 0.409 e. The maximum atomic E-state index is 11.6. The van der Waals surface area contributed by atoms with Crippen LogP contribution in [0.25, 0.3) is 0 Å². The van der Waals surface area contributed by atoms with Gasteiger partial charge in [0.25, 0.3) is 0 Å². The fourth-order valence-corrected chi connectivity index (χ4v) is 2.91. The van der Waals surface area contributed by atoms with Crippen LogP contribution in [0.3, 0.4) is 0 Å². The van der Waals surface area contributed by atoms with E-state index in [1.54, 1.807) is 4.90 Å². The van der Waals surface area contributed by atoms with E-state index in [0.29, 0.717) is 12.6 Å². The molecule has 0 saturated carbocycles. The lowest BCUT2D eigenvalue weighted by Gasteiger charge is -2.31. The van der Waals surface area contributed by atoms with Crippen LogP contribution < -0.4 is 5.32 Å². The summed E-state index contributed by atoms with van der Waals surface area (Å²) in [4.78, 5) is 13.4. The van der Waals surface area contributed by atoms with E-state index in [-0.39, 0.29) is 6.09 Å². The Kier molecular flexibility index (Phi) is 5.62. The molecule has 1 heterocycles. The molecule has 0 aliphatic carbocycles. The second-order valence-electron chi connectivity index (χ2n) is 5.84. The molecule has 0 atom stereocenters. The summed E-state index contributed by atoms with van der Waals surface area (Å²) in [5.41, 5.74) is 3.95. The van der Waals surface area contributed by atoms with Gasteiger partial charge in [-0.15, -0.1) is 0 Å². The van der Waals surface area contributed by atoms with Crippen molar-refractivity contribution in [2.24, 2.45) is 0 Å². The molecule has 1 N–H and O–H groups in total. The Morgan fingerprint density at radius 1 is 1.24 bits per heavy atom. The second-order valence-corrected chi connectivity index (χ2v) is 5.84. The molecule has 4 nitrogen and oxygen atoms in total. The number of rotatable bonds is 4. The van der Waals surface area contributed by atoms with Gasteiger partial charge < -0.3 is 15.0 Å². The van der Waals surface area contributed by atoms with Crippen molar-refractivity contribution in [1.29, 1.82) is 0 Å². The van der Waals surface area contributed by atoms with Crippen molar-refractivity contribution < 1.29 is 9.53 Å². The van der Waals surface area contributed by atoms with E-state index in [2.05, 4.69) is 37.4 Å². The number of likely N-dealkylation sites (tertiary alicyclic amines) is 1. The minimum atomic E-state index is -0.176. The van der Waals surface area contributed by atoms with Crippen LogP contribution in [-0.2, 0) is 11.3 Å². The first kappa shape index (κ1) is 15.8. The summed E-state index contributed by atoms with van der Waals surface area (Å²) in [7, 11) is 0. The van der Waals surface area contributed by atoms with Gasteiger partial charge in [0.05, 0.1) is 6.61 Å². The number of ether oxygens (including phenoxy) is 1. The highest BCUT2D eigenvalue weighted by molar-refractivity contribution is 5.67. The van der Waals surface area contributed by atoms with Crippen molar-refractivity contribution in [1.82, 2.24) is 10.2 Å². The number of nitrogens with zero attached hydrogens (tertiary/aromatic N) is 1. The number of carbonyl (C=O) groups excluding carboxylic acids is 1. The molecule has 1 saturated heterocycles. The van der Waals surface area contributed by atoms with E-state index in [1.165, 1.54) is 16.7 Å². The zero-order chi connectivity index (χ0) is 15.2. The number of aryl methyl sites for hydroxylation is 2. The average Bonchev–Trinajstić information content (AvgIpc) is 2.45. The summed E-state index contributed by atoms with van der Waals surface area (Å²) in [6.07, 6.45) is 1.80. The predicted molar refractivity (Wildman–Crippen MR) is 84.4 cm³/mol. The highest BCUT2D eigenvalue weighted by Gasteiger charge is 2.23. The Bertz CT molecular complexity index is 459. The summed E-state index contributed by atoms with van der Waals surface area (Å²) in [6, 6.07) is 7.14. The molecule has 1 aliphatic heterocycles. The summed E-state index contributed by atoms with van der Waals surface area (Å²) in [6.45, 7) is 9.02. The highest BCUT2D eigenvalue weighted by atomic mass is 16.6. The summed E-state index contributed by atoms with van der Waals surface area (Å²) in [5.74, 6) is 0. The van der Waals surface area contributed by atoms with Gasteiger partial charge in [0.2, 0.25) is 0 Å². The maximum Gasteiger partial charge on any atom is 0.409 e. The molecule has 2 rings (SSSR count). The van der Waals surface area contributed by atoms with Crippen molar-refractivity contribution in [3.63, 3.8) is 0 Å². The van der Waals surface area contributed by atoms with Crippen LogP contribution in [0.1, 0.15) is 36.5 Å². The lowest BCUT2D eigenvalue weighted by atomic mass is 10.0. The molecule has 0 aromatic heterocycles. The van der Waals surface area contributed by atoms with Crippen molar-refractivity contribution in [3.8, 4) is 0 Å². The molecule has 1 aromatic rings. The van der Waals surface area contributed by atoms with Crippen molar-refractivity contribution >= 4 is 6.09 Å². The van der Waals surface area contributed by atoms with E-state index in [9.17, 15) is 4.79 Å². The van der Waals surface area contributed by atoms with Gasteiger partial charge in [0.15, 0.2) is 0 Å². The molecule has 21 heavy (non-hydrogen) atoms. The lowest BCUT2D eigenvalue weighted by Crippen LogP contribution is -2.44. The Hall–Kier alpha value is -1.55. The Morgan fingerprint density at radius 3 is 2.43 bits per heavy atom. The first-order valence-electron chi connectivity index (χ1n) is 7.80. The van der Waals surface area contributed by atoms with Gasteiger partial charge >= 0.3 is 6.09 Å². The largest absolute Gasteiger partial charge is 0.450 e. The molecular weight excluding hydrogens is 264 g/mol. The second kappa shape index (κ2) is 7.46. The van der Waals surface area contributed by atoms with Gasteiger partial charge in [-0.1, -0.05) is 29.3 Å². The van der Waals surface area contributed by atoms with Crippen LogP contribution in [0.5, 0.6) is 0 Å². The number of nitrogens with one attached hydrogen (secondary N) is 1. The minimum Gasteiger partial charge on any atom is -0.450 e. The molecule has 0 bridgehead atoms. The number of carbonyl (C=O) groups is 1. The van der Waals surface area contributed by atoms with E-state index < -0.39 is 0 Å². The highest BCUT2D eigenvalue weighted by Crippen LogP contribution is 2.13. The molecule has 1 aliphatic rings. The molecule has 1 fully saturated rings. The fourth-order valence-electron chi connectivity index (χ4n) is 2.91. The Labute approximate surface area is 127 Å². The summed E-state index contributed by atoms with van der Waals surface area (Å²) >= 11 is 0. The van der Waals surface area contributed by atoms with Gasteiger partial charge in [-0.25, -0.2) is 4.79 Å². The van der Waals surface area contributed by atoms with Crippen LogP contribution in [-0.4, -0.2) is 36.7 Å². The van der Waals surface area contributed by atoms with Crippen molar-refractivity contribution in [3.05, 3.63) is 34.9 Å². The topological polar surface area (TPSA) is 41.6 Å². The van der Waals surface area contributed by atoms with Crippen LogP contribution in [0.15, 0.2) is 18.2 Å². The maximum absolute atomic E-state index is 11.6. The van der Waals surface area contributed by atoms with Gasteiger partial charge in [-0.2, -0.15) is 0 Å². The van der Waals surface area contributed by atoms with Gasteiger partial charge in [-0.05, 0) is 39.2 Å². The first-order valence-corrected chi connectivity index (χ1v) is 7.80. The van der Waals surface area contributed by atoms with Gasteiger partial charge in [0.1, 0.15) is 0 Å². The van der Waals surface area contributed by atoms with E-state index in [4.69, 9.17) is 4.74 Å². The number of hydrogen-bond donors (Lipinski definition) is 1. The standard InChI is InChI=1S/C17H26N2O2/c1-4-21-17(20)19-7-5-16(6-8-19)18-12-15-10-13(2)9-14(3)11-15/h9-11,16,18H,4-8,12H2,1-3H3. The number of hydrogen-bond acceptors (Lipinski definition) is 3. The van der Waals surface area contributed by atoms with Crippen molar-refractivity contribution in [2.45, 2.75) is 46.2 Å². The first-order chi connectivity index (χ1) is 10.1. The third-order valence-electron chi connectivity index (χ3n) is 3.90. The number of piperidine rings is 1. The number of amides is 1. The van der Waals surface area contributed by atoms with Crippen LogP contribution in [0, 0.1) is 13.8 Å². The third kappa shape index (κ3) is 4.74. The zero-order valence-electron chi connectivity index (χ0n) is 13.3. The predicted octanol–water partition coefficient (Wildman–Crippen LogP) is 3.01. The molecule has 4 heteroatoms. The quantitative estimate of drug-likeness (QED) is 0.927. The summed E-state index contributed by atoms with van der Waals surface area (Å²) < 4.78 is 5.04. The van der Waals surface area contributed by atoms with Crippen LogP contribution in [0.2, 0.25) is 0 Å². The molecule has 116 valence electrons. The van der Waals surface area contributed by atoms with Crippen LogP contribution >= 0.6 is 0 Å². The molecule has 1 aromatic carbocycles. The molecule has 0 unspecified atom stereocenters. The molecule has 0 radical (unpaired) electrons. The van der Waals surface area contributed by atoms with Gasteiger partial charge in [-0.3, -0.25) is 0 Å². The van der Waals surface area contributed by atoms with Gasteiger partial charge in [0, 0.05) is 25.7 Å². The zero-order valence-corrected chi connectivity index (χ0v) is 13.3. The Morgan fingerprint density at radius 2 is 1.86 bits per heavy atom.